The predicted octanol–water partition coefficient (Wildman–Crippen LogP) is 3.09. The van der Waals surface area contributed by atoms with Gasteiger partial charge < -0.3 is 0 Å². The van der Waals surface area contributed by atoms with E-state index in [2.05, 4.69) is 15.9 Å². The number of carbonyl (C=O) groups is 1. The van der Waals surface area contributed by atoms with Crippen LogP contribution in [-0.4, -0.2) is 14.7 Å². The first-order valence-corrected chi connectivity index (χ1v) is 7.38. The third-order valence-electron chi connectivity index (χ3n) is 2.46. The lowest BCUT2D eigenvalue weighted by molar-refractivity contribution is 0.112. The van der Waals surface area contributed by atoms with Crippen molar-refractivity contribution in [3.63, 3.8) is 0 Å². The highest BCUT2D eigenvalue weighted by Gasteiger charge is 2.20. The second-order valence-electron chi connectivity index (χ2n) is 3.61. The van der Waals surface area contributed by atoms with Crippen molar-refractivity contribution in [1.82, 2.24) is 0 Å². The molecule has 0 fully saturated rings. The van der Waals surface area contributed by atoms with Crippen molar-refractivity contribution in [2.45, 2.75) is 9.79 Å². The van der Waals surface area contributed by atoms with Crippen LogP contribution in [0.3, 0.4) is 0 Å². The van der Waals surface area contributed by atoms with Crippen molar-refractivity contribution in [1.29, 1.82) is 0 Å². The summed E-state index contributed by atoms with van der Waals surface area (Å²) in [4.78, 5) is 11.1. The van der Waals surface area contributed by atoms with E-state index in [9.17, 15) is 13.2 Å². The van der Waals surface area contributed by atoms with Crippen molar-refractivity contribution < 1.29 is 13.2 Å². The molecule has 0 atom stereocenters. The Labute approximate surface area is 114 Å². The topological polar surface area (TPSA) is 51.2 Å². The first-order chi connectivity index (χ1) is 8.55. The van der Waals surface area contributed by atoms with Gasteiger partial charge in [-0.15, -0.1) is 0 Å². The molecule has 0 aliphatic rings. The molecule has 0 amide bonds. The molecule has 2 aromatic rings. The van der Waals surface area contributed by atoms with E-state index in [0.717, 1.165) is 4.47 Å². The molecule has 5 heteroatoms. The van der Waals surface area contributed by atoms with Crippen molar-refractivity contribution in [3.05, 3.63) is 58.6 Å². The van der Waals surface area contributed by atoms with E-state index in [0.29, 0.717) is 6.29 Å². The molecule has 0 unspecified atom stereocenters. The van der Waals surface area contributed by atoms with Crippen LogP contribution >= 0.6 is 15.9 Å². The summed E-state index contributed by atoms with van der Waals surface area (Å²) >= 11 is 3.25. The number of benzene rings is 2. The van der Waals surface area contributed by atoms with Gasteiger partial charge in [0.15, 0.2) is 6.29 Å². The Morgan fingerprint density at radius 3 is 2.17 bits per heavy atom. The quantitative estimate of drug-likeness (QED) is 0.815. The number of aldehydes is 1. The van der Waals surface area contributed by atoms with Crippen molar-refractivity contribution in [2.75, 3.05) is 0 Å². The number of sulfone groups is 1. The molecule has 0 aliphatic heterocycles. The van der Waals surface area contributed by atoms with Crippen LogP contribution in [0.15, 0.2) is 62.8 Å². The number of rotatable bonds is 3. The normalized spacial score (nSPS) is 11.2. The fraction of sp³-hybridized carbons (Fsp3) is 0. The van der Waals surface area contributed by atoms with E-state index in [-0.39, 0.29) is 15.4 Å². The fourth-order valence-corrected chi connectivity index (χ4v) is 3.26. The van der Waals surface area contributed by atoms with Gasteiger partial charge in [-0.25, -0.2) is 8.42 Å². The lowest BCUT2D eigenvalue weighted by atomic mass is 10.2. The van der Waals surface area contributed by atoms with Crippen LogP contribution in [0.1, 0.15) is 10.4 Å². The Hall–Kier alpha value is -1.46. The molecule has 0 saturated heterocycles. The molecule has 0 aliphatic carbocycles. The van der Waals surface area contributed by atoms with Crippen LogP contribution in [0.2, 0.25) is 0 Å². The summed E-state index contributed by atoms with van der Waals surface area (Å²) in [6.45, 7) is 0. The molecular formula is C13H9BrO3S. The predicted molar refractivity (Wildman–Crippen MR) is 71.4 cm³/mol. The number of halogens is 1. The van der Waals surface area contributed by atoms with Gasteiger partial charge in [0.2, 0.25) is 9.84 Å². The first kappa shape index (κ1) is 13.0. The minimum atomic E-state index is -3.65. The Balaban J connectivity index is 2.61. The SMILES string of the molecule is O=Cc1ccccc1S(=O)(=O)c1ccc(Br)cc1. The fourth-order valence-electron chi connectivity index (χ4n) is 1.56. The number of carbonyl (C=O) groups excluding carboxylic acids is 1. The minimum Gasteiger partial charge on any atom is -0.298 e. The van der Waals surface area contributed by atoms with Gasteiger partial charge in [0.1, 0.15) is 0 Å². The third-order valence-corrected chi connectivity index (χ3v) is 4.83. The molecule has 0 heterocycles. The second kappa shape index (κ2) is 5.04. The van der Waals surface area contributed by atoms with Gasteiger partial charge in [0, 0.05) is 10.0 Å². The maximum atomic E-state index is 12.4. The van der Waals surface area contributed by atoms with Crippen LogP contribution < -0.4 is 0 Å². The summed E-state index contributed by atoms with van der Waals surface area (Å²) in [5, 5.41) is 0. The first-order valence-electron chi connectivity index (χ1n) is 5.10. The molecule has 2 aromatic carbocycles. The van der Waals surface area contributed by atoms with E-state index in [1.54, 1.807) is 24.3 Å². The summed E-state index contributed by atoms with van der Waals surface area (Å²) in [6.07, 6.45) is 0.547. The lowest BCUT2D eigenvalue weighted by Gasteiger charge is -2.06. The molecule has 0 N–H and O–H groups in total. The number of hydrogen-bond acceptors (Lipinski definition) is 3. The average molecular weight is 325 g/mol. The summed E-state index contributed by atoms with van der Waals surface area (Å²) in [5.74, 6) is 0. The summed E-state index contributed by atoms with van der Waals surface area (Å²) in [5.41, 5.74) is 0.167. The summed E-state index contributed by atoms with van der Waals surface area (Å²) < 4.78 is 25.5. The number of hydrogen-bond donors (Lipinski definition) is 0. The molecule has 18 heavy (non-hydrogen) atoms. The van der Waals surface area contributed by atoms with E-state index in [1.807, 2.05) is 0 Å². The molecule has 0 radical (unpaired) electrons. The van der Waals surface area contributed by atoms with Gasteiger partial charge >= 0.3 is 0 Å². The van der Waals surface area contributed by atoms with E-state index in [1.165, 1.54) is 24.3 Å². The Morgan fingerprint density at radius 2 is 1.56 bits per heavy atom. The zero-order valence-electron chi connectivity index (χ0n) is 9.21. The van der Waals surface area contributed by atoms with Gasteiger partial charge in [-0.3, -0.25) is 4.79 Å². The average Bonchev–Trinajstić information content (AvgIpc) is 2.39. The van der Waals surface area contributed by atoms with Gasteiger partial charge in [-0.2, -0.15) is 0 Å². The van der Waals surface area contributed by atoms with Crippen molar-refractivity contribution in [2.24, 2.45) is 0 Å². The highest BCUT2D eigenvalue weighted by atomic mass is 79.9. The van der Waals surface area contributed by atoms with E-state index < -0.39 is 9.84 Å². The molecule has 0 aromatic heterocycles. The third kappa shape index (κ3) is 2.37. The standard InChI is InChI=1S/C13H9BrO3S/c14-11-5-7-12(8-6-11)18(16,17)13-4-2-1-3-10(13)9-15/h1-9H. The Kier molecular flexibility index (Phi) is 3.63. The molecule has 92 valence electrons. The smallest absolute Gasteiger partial charge is 0.207 e. The van der Waals surface area contributed by atoms with Crippen molar-refractivity contribution in [3.8, 4) is 0 Å². The highest BCUT2D eigenvalue weighted by molar-refractivity contribution is 9.10. The lowest BCUT2D eigenvalue weighted by Crippen LogP contribution is -2.05. The van der Waals surface area contributed by atoms with Gasteiger partial charge in [-0.05, 0) is 30.3 Å². The maximum absolute atomic E-state index is 12.4. The highest BCUT2D eigenvalue weighted by Crippen LogP contribution is 2.24. The Morgan fingerprint density at radius 1 is 0.944 bits per heavy atom. The molecule has 0 saturated carbocycles. The zero-order chi connectivity index (χ0) is 13.2. The van der Waals surface area contributed by atoms with Gasteiger partial charge in [0.05, 0.1) is 9.79 Å². The molecule has 0 spiro atoms. The van der Waals surface area contributed by atoms with Crippen LogP contribution in [0, 0.1) is 0 Å². The van der Waals surface area contributed by atoms with Crippen LogP contribution in [0.5, 0.6) is 0 Å². The zero-order valence-corrected chi connectivity index (χ0v) is 11.6. The maximum Gasteiger partial charge on any atom is 0.207 e. The van der Waals surface area contributed by atoms with Crippen LogP contribution in [0.25, 0.3) is 0 Å². The van der Waals surface area contributed by atoms with Gasteiger partial charge in [0.25, 0.3) is 0 Å². The summed E-state index contributed by atoms with van der Waals surface area (Å²) in [7, 11) is -3.65. The van der Waals surface area contributed by atoms with E-state index >= 15 is 0 Å². The van der Waals surface area contributed by atoms with E-state index in [4.69, 9.17) is 0 Å². The Bertz CT molecular complexity index is 676. The molecule has 2 rings (SSSR count). The molecular weight excluding hydrogens is 316 g/mol. The second-order valence-corrected chi connectivity index (χ2v) is 6.45. The molecule has 3 nitrogen and oxygen atoms in total. The van der Waals surface area contributed by atoms with Gasteiger partial charge in [-0.1, -0.05) is 34.1 Å². The van der Waals surface area contributed by atoms with Crippen LogP contribution in [0.4, 0.5) is 0 Å². The molecule has 0 bridgehead atoms. The van der Waals surface area contributed by atoms with Crippen molar-refractivity contribution >= 4 is 32.1 Å². The largest absolute Gasteiger partial charge is 0.298 e. The monoisotopic (exact) mass is 324 g/mol. The van der Waals surface area contributed by atoms with Crippen LogP contribution in [-0.2, 0) is 9.84 Å². The summed E-state index contributed by atoms with van der Waals surface area (Å²) in [6, 6.07) is 12.4. The minimum absolute atomic E-state index is 0.0299.